The predicted octanol–water partition coefficient (Wildman–Crippen LogP) is 3.03. The second-order valence-corrected chi connectivity index (χ2v) is 8.66. The number of benzene rings is 2. The Morgan fingerprint density at radius 1 is 1.20 bits per heavy atom. The van der Waals surface area contributed by atoms with Crippen molar-refractivity contribution in [2.75, 3.05) is 6.61 Å². The maximum Gasteiger partial charge on any atom is 0.338 e. The van der Waals surface area contributed by atoms with Gasteiger partial charge in [0.15, 0.2) is 4.80 Å². The molecule has 1 aromatic heterocycles. The van der Waals surface area contributed by atoms with Crippen LogP contribution in [0.2, 0.25) is 0 Å². The van der Waals surface area contributed by atoms with E-state index in [1.807, 2.05) is 0 Å². The van der Waals surface area contributed by atoms with Crippen LogP contribution < -0.4 is 19.6 Å². The molecule has 0 N–H and O–H groups in total. The van der Waals surface area contributed by atoms with Crippen LogP contribution in [0.4, 0.5) is 4.39 Å². The van der Waals surface area contributed by atoms with E-state index in [0.717, 1.165) is 11.3 Å². The predicted molar refractivity (Wildman–Crippen MR) is 129 cm³/mol. The molecule has 0 spiro atoms. The Kier molecular flexibility index (Phi) is 6.88. The van der Waals surface area contributed by atoms with Gasteiger partial charge in [-0.15, -0.1) is 0 Å². The number of allylic oxidation sites excluding steroid dienone is 1. The third kappa shape index (κ3) is 4.90. The largest absolute Gasteiger partial charge is 0.458 e. The number of hydrogen-bond acceptors (Lipinski definition) is 7. The van der Waals surface area contributed by atoms with E-state index >= 15 is 0 Å². The fourth-order valence-electron chi connectivity index (χ4n) is 3.73. The third-order valence-electron chi connectivity index (χ3n) is 5.22. The number of thiazole rings is 1. The molecule has 1 aliphatic heterocycles. The van der Waals surface area contributed by atoms with Crippen LogP contribution in [-0.2, 0) is 14.3 Å². The molecular formula is C26H21FN2O5S. The first kappa shape index (κ1) is 24.0. The number of hydrogen-bond donors (Lipinski definition) is 0. The van der Waals surface area contributed by atoms with Crippen LogP contribution in [0.5, 0.6) is 5.75 Å². The average Bonchev–Trinajstić information content (AvgIpc) is 3.12. The minimum Gasteiger partial charge on any atom is -0.458 e. The Morgan fingerprint density at radius 3 is 2.57 bits per heavy atom. The van der Waals surface area contributed by atoms with Crippen molar-refractivity contribution < 1.29 is 23.5 Å². The van der Waals surface area contributed by atoms with Crippen LogP contribution in [0.1, 0.15) is 31.0 Å². The smallest absolute Gasteiger partial charge is 0.338 e. The van der Waals surface area contributed by atoms with Gasteiger partial charge in [0.1, 0.15) is 18.2 Å². The zero-order valence-corrected chi connectivity index (χ0v) is 19.8. The molecule has 1 aliphatic rings. The molecule has 2 heterocycles. The van der Waals surface area contributed by atoms with Crippen molar-refractivity contribution in [2.24, 2.45) is 4.99 Å². The number of halogens is 1. The zero-order valence-electron chi connectivity index (χ0n) is 19.0. The topological polar surface area (TPSA) is 87.0 Å². The first-order valence-corrected chi connectivity index (χ1v) is 11.4. The van der Waals surface area contributed by atoms with Gasteiger partial charge < -0.3 is 9.47 Å². The van der Waals surface area contributed by atoms with Crippen molar-refractivity contribution in [1.82, 2.24) is 4.57 Å². The minimum atomic E-state index is -0.849. The van der Waals surface area contributed by atoms with E-state index in [9.17, 15) is 18.8 Å². The molecule has 0 radical (unpaired) electrons. The molecule has 0 aliphatic carbocycles. The maximum absolute atomic E-state index is 14.2. The van der Waals surface area contributed by atoms with E-state index in [1.54, 1.807) is 49.4 Å². The van der Waals surface area contributed by atoms with Gasteiger partial charge in [0.25, 0.3) is 5.56 Å². The standard InChI is InChI=1S/C26H21FN2O5S/c1-4-13-33-25(32)22-15(2)28-26-29(23(22)17-9-11-19(12-10-17)34-16(3)30)24(31)21(35-26)14-18-7-5-6-8-20(18)27/h4-12,14,23H,1,13H2,2-3H3/b21-14+. The molecule has 0 fully saturated rings. The van der Waals surface area contributed by atoms with Gasteiger partial charge in [-0.2, -0.15) is 0 Å². The van der Waals surface area contributed by atoms with E-state index < -0.39 is 29.4 Å². The number of esters is 2. The molecule has 4 rings (SSSR count). The molecular weight excluding hydrogens is 471 g/mol. The lowest BCUT2D eigenvalue weighted by molar-refractivity contribution is -0.138. The Labute approximate surface area is 203 Å². The van der Waals surface area contributed by atoms with Crippen LogP contribution in [-0.4, -0.2) is 23.1 Å². The first-order chi connectivity index (χ1) is 16.8. The van der Waals surface area contributed by atoms with Gasteiger partial charge in [0.05, 0.1) is 21.8 Å². The summed E-state index contributed by atoms with van der Waals surface area (Å²) in [4.78, 5) is 42.6. The summed E-state index contributed by atoms with van der Waals surface area (Å²) >= 11 is 1.10. The lowest BCUT2D eigenvalue weighted by atomic mass is 9.96. The van der Waals surface area contributed by atoms with Crippen molar-refractivity contribution in [3.05, 3.63) is 109 Å². The number of aromatic nitrogens is 1. The van der Waals surface area contributed by atoms with Crippen LogP contribution in [0, 0.1) is 5.82 Å². The normalized spacial score (nSPS) is 15.3. The fraction of sp³-hybridized carbons (Fsp3) is 0.154. The monoisotopic (exact) mass is 492 g/mol. The van der Waals surface area contributed by atoms with Crippen LogP contribution in [0.3, 0.4) is 0 Å². The molecule has 0 saturated carbocycles. The maximum atomic E-state index is 14.2. The second-order valence-electron chi connectivity index (χ2n) is 7.65. The molecule has 2 aromatic carbocycles. The van der Waals surface area contributed by atoms with Crippen molar-refractivity contribution >= 4 is 29.4 Å². The summed E-state index contributed by atoms with van der Waals surface area (Å²) in [6.07, 6.45) is 2.91. The molecule has 1 unspecified atom stereocenters. The molecule has 9 heteroatoms. The molecule has 1 atom stereocenters. The number of carbonyl (C=O) groups excluding carboxylic acids is 2. The summed E-state index contributed by atoms with van der Waals surface area (Å²) in [5.41, 5.74) is 1.01. The van der Waals surface area contributed by atoms with Gasteiger partial charge in [0, 0.05) is 12.5 Å². The quantitative estimate of drug-likeness (QED) is 0.300. The summed E-state index contributed by atoms with van der Waals surface area (Å²) in [6.45, 7) is 6.51. The van der Waals surface area contributed by atoms with Gasteiger partial charge in [-0.25, -0.2) is 14.2 Å². The molecule has 0 bridgehead atoms. The number of ether oxygens (including phenoxy) is 2. The fourth-order valence-corrected chi connectivity index (χ4v) is 4.77. The highest BCUT2D eigenvalue weighted by molar-refractivity contribution is 7.07. The second kappa shape index (κ2) is 10.0. The van der Waals surface area contributed by atoms with E-state index in [2.05, 4.69) is 11.6 Å². The van der Waals surface area contributed by atoms with Gasteiger partial charge >= 0.3 is 11.9 Å². The van der Waals surface area contributed by atoms with Crippen molar-refractivity contribution in [1.29, 1.82) is 0 Å². The van der Waals surface area contributed by atoms with Crippen molar-refractivity contribution in [2.45, 2.75) is 19.9 Å². The Morgan fingerprint density at radius 2 is 1.91 bits per heavy atom. The van der Waals surface area contributed by atoms with Gasteiger partial charge in [0.2, 0.25) is 0 Å². The van der Waals surface area contributed by atoms with Crippen LogP contribution in [0.15, 0.2) is 82.2 Å². The van der Waals surface area contributed by atoms with E-state index in [0.29, 0.717) is 21.8 Å². The Hall–Kier alpha value is -4.11. The molecule has 0 saturated heterocycles. The zero-order chi connectivity index (χ0) is 25.1. The van der Waals surface area contributed by atoms with E-state index in [4.69, 9.17) is 9.47 Å². The lowest BCUT2D eigenvalue weighted by Gasteiger charge is -2.24. The Bertz CT molecular complexity index is 1530. The van der Waals surface area contributed by atoms with Crippen LogP contribution in [0.25, 0.3) is 6.08 Å². The van der Waals surface area contributed by atoms with Gasteiger partial charge in [-0.1, -0.05) is 54.3 Å². The number of rotatable bonds is 6. The third-order valence-corrected chi connectivity index (χ3v) is 6.21. The SMILES string of the molecule is C=CCOC(=O)C1=C(C)N=c2s/c(=C/c3ccccc3F)c(=O)n2C1c1ccc(OC(C)=O)cc1. The van der Waals surface area contributed by atoms with E-state index in [1.165, 1.54) is 29.7 Å². The average molecular weight is 493 g/mol. The summed E-state index contributed by atoms with van der Waals surface area (Å²) in [5.74, 6) is -1.24. The highest BCUT2D eigenvalue weighted by atomic mass is 32.1. The minimum absolute atomic E-state index is 0.00850. The number of nitrogens with zero attached hydrogens (tertiary/aromatic N) is 2. The molecule has 178 valence electrons. The highest BCUT2D eigenvalue weighted by Gasteiger charge is 2.33. The summed E-state index contributed by atoms with van der Waals surface area (Å²) < 4.78 is 26.3. The highest BCUT2D eigenvalue weighted by Crippen LogP contribution is 2.31. The van der Waals surface area contributed by atoms with Crippen LogP contribution >= 0.6 is 11.3 Å². The number of fused-ring (bicyclic) bond motifs is 1. The lowest BCUT2D eigenvalue weighted by Crippen LogP contribution is -2.40. The molecule has 3 aromatic rings. The summed E-state index contributed by atoms with van der Waals surface area (Å²) in [5, 5.41) is 0. The summed E-state index contributed by atoms with van der Waals surface area (Å²) in [6, 6.07) is 11.8. The van der Waals surface area contributed by atoms with Crippen molar-refractivity contribution in [3.63, 3.8) is 0 Å². The molecule has 35 heavy (non-hydrogen) atoms. The molecule has 0 amide bonds. The number of carbonyl (C=O) groups is 2. The molecule has 7 nitrogen and oxygen atoms in total. The van der Waals surface area contributed by atoms with Crippen molar-refractivity contribution in [3.8, 4) is 5.75 Å². The summed E-state index contributed by atoms with van der Waals surface area (Å²) in [7, 11) is 0. The van der Waals surface area contributed by atoms with Gasteiger partial charge in [-0.05, 0) is 36.8 Å². The van der Waals surface area contributed by atoms with E-state index in [-0.39, 0.29) is 22.3 Å². The first-order valence-electron chi connectivity index (χ1n) is 10.6. The Balaban J connectivity index is 1.91. The van der Waals surface area contributed by atoms with Gasteiger partial charge in [-0.3, -0.25) is 14.2 Å².